The molecule has 2 heterocycles. The maximum Gasteiger partial charge on any atom is 0.410 e. The number of para-hydroxylation sites is 1. The van der Waals surface area contributed by atoms with E-state index in [0.29, 0.717) is 47.0 Å². The highest BCUT2D eigenvalue weighted by Gasteiger charge is 2.33. The van der Waals surface area contributed by atoms with Gasteiger partial charge in [0, 0.05) is 48.1 Å². The van der Waals surface area contributed by atoms with E-state index in [4.69, 9.17) is 9.47 Å². The van der Waals surface area contributed by atoms with Gasteiger partial charge in [0.25, 0.3) is 0 Å². The van der Waals surface area contributed by atoms with Gasteiger partial charge in [-0.15, -0.1) is 0 Å². The van der Waals surface area contributed by atoms with Crippen LogP contribution in [0, 0.1) is 0 Å². The van der Waals surface area contributed by atoms with Gasteiger partial charge in [0.05, 0.1) is 17.0 Å². The summed E-state index contributed by atoms with van der Waals surface area (Å²) in [7, 11) is -3.97. The summed E-state index contributed by atoms with van der Waals surface area (Å²) < 4.78 is 41.1. The first-order valence-electron chi connectivity index (χ1n) is 16.0. The fourth-order valence-corrected chi connectivity index (χ4v) is 7.81. The second-order valence-corrected chi connectivity index (χ2v) is 14.7. The van der Waals surface area contributed by atoms with Gasteiger partial charge in [-0.25, -0.2) is 18.0 Å². The number of benzene rings is 4. The number of piperazine rings is 1. The highest BCUT2D eigenvalue weighted by atomic mass is 32.2. The number of aryl methyl sites for hydroxylation is 1. The van der Waals surface area contributed by atoms with Gasteiger partial charge in [0.2, 0.25) is 10.0 Å². The number of fused-ring (bicyclic) bond motifs is 2. The summed E-state index contributed by atoms with van der Waals surface area (Å²) in [5, 5.41) is 13.0. The minimum Gasteiger partial charge on any atom is -0.493 e. The zero-order valence-corrected chi connectivity index (χ0v) is 28.0. The molecule has 0 aliphatic carbocycles. The number of carbonyl (C=O) groups excluding carboxylic acids is 1. The molecule has 0 bridgehead atoms. The van der Waals surface area contributed by atoms with E-state index < -0.39 is 27.7 Å². The maximum absolute atomic E-state index is 14.0. The van der Waals surface area contributed by atoms with Crippen molar-refractivity contribution in [1.82, 2.24) is 14.2 Å². The number of amides is 1. The molecular weight excluding hydrogens is 630 g/mol. The normalized spacial score (nSPS) is 14.4. The number of nitrogens with zero attached hydrogens (tertiary/aromatic N) is 2. The number of hydrogen-bond donors (Lipinski definition) is 2. The van der Waals surface area contributed by atoms with Crippen LogP contribution in [0.15, 0.2) is 89.8 Å². The number of sulfonamides is 1. The molecule has 1 aliphatic rings. The van der Waals surface area contributed by atoms with Gasteiger partial charge < -0.3 is 24.5 Å². The molecule has 5 aromatic rings. The van der Waals surface area contributed by atoms with Gasteiger partial charge in [0.15, 0.2) is 0 Å². The summed E-state index contributed by atoms with van der Waals surface area (Å²) in [6.45, 7) is 6.41. The second kappa shape index (κ2) is 13.3. The van der Waals surface area contributed by atoms with E-state index >= 15 is 0 Å². The van der Waals surface area contributed by atoms with Crippen LogP contribution in [0.3, 0.4) is 0 Å². The number of nitrogens with one attached hydrogen (secondary N) is 1. The lowest BCUT2D eigenvalue weighted by molar-refractivity contribution is 0.0192. The van der Waals surface area contributed by atoms with Gasteiger partial charge in [-0.1, -0.05) is 72.8 Å². The number of carboxylic acid groups (broad SMARTS) is 1. The van der Waals surface area contributed by atoms with Crippen molar-refractivity contribution in [2.24, 2.45) is 0 Å². The van der Waals surface area contributed by atoms with Crippen LogP contribution in [0.4, 0.5) is 4.79 Å². The third kappa shape index (κ3) is 6.74. The Morgan fingerprint density at radius 3 is 2.23 bits per heavy atom. The summed E-state index contributed by atoms with van der Waals surface area (Å²) in [5.41, 5.74) is 1.66. The first-order chi connectivity index (χ1) is 22.9. The predicted molar refractivity (Wildman–Crippen MR) is 185 cm³/mol. The number of rotatable bonds is 9. The lowest BCUT2D eigenvalue weighted by Crippen LogP contribution is -2.51. The minimum atomic E-state index is -3.97. The third-order valence-corrected chi connectivity index (χ3v) is 10.4. The topological polar surface area (TPSA) is 129 Å². The zero-order valence-electron chi connectivity index (χ0n) is 27.2. The van der Waals surface area contributed by atoms with E-state index in [0.717, 1.165) is 16.5 Å². The van der Waals surface area contributed by atoms with Crippen molar-refractivity contribution in [3.8, 4) is 16.9 Å². The summed E-state index contributed by atoms with van der Waals surface area (Å²) in [6, 6.07) is 26.1. The molecule has 0 atom stereocenters. The summed E-state index contributed by atoms with van der Waals surface area (Å²) in [5.74, 6) is -0.317. The van der Waals surface area contributed by atoms with Crippen molar-refractivity contribution in [3.63, 3.8) is 0 Å². The molecule has 10 nitrogen and oxygen atoms in total. The lowest BCUT2D eigenvalue weighted by atomic mass is 10.00. The van der Waals surface area contributed by atoms with Crippen LogP contribution in [-0.2, 0) is 21.2 Å². The number of aromatic amines is 1. The van der Waals surface area contributed by atoms with Gasteiger partial charge in [-0.2, -0.15) is 4.31 Å². The fourth-order valence-electron chi connectivity index (χ4n) is 6.18. The monoisotopic (exact) mass is 669 g/mol. The summed E-state index contributed by atoms with van der Waals surface area (Å²) in [6.07, 6.45) is 0.544. The van der Waals surface area contributed by atoms with E-state index in [2.05, 4.69) is 4.98 Å². The number of H-pyrrole nitrogens is 1. The Bertz CT molecular complexity index is 2090. The van der Waals surface area contributed by atoms with Crippen LogP contribution in [0.1, 0.15) is 43.2 Å². The van der Waals surface area contributed by atoms with E-state index in [1.54, 1.807) is 51.1 Å². The fraction of sp³-hybridized carbons (Fsp3) is 0.297. The van der Waals surface area contributed by atoms with Gasteiger partial charge in [-0.3, -0.25) is 0 Å². The molecule has 1 amide bonds. The van der Waals surface area contributed by atoms with Crippen LogP contribution in [0.2, 0.25) is 0 Å². The molecule has 0 unspecified atom stereocenters. The van der Waals surface area contributed by atoms with Crippen LogP contribution < -0.4 is 4.74 Å². The van der Waals surface area contributed by atoms with Crippen LogP contribution in [0.5, 0.6) is 5.75 Å². The number of aromatic nitrogens is 1. The van der Waals surface area contributed by atoms with E-state index in [1.165, 1.54) is 9.21 Å². The molecule has 4 aromatic carbocycles. The Kier molecular flexibility index (Phi) is 9.18. The van der Waals surface area contributed by atoms with Crippen LogP contribution in [0.25, 0.3) is 32.8 Å². The van der Waals surface area contributed by atoms with Crippen molar-refractivity contribution in [2.45, 2.75) is 44.1 Å². The lowest BCUT2D eigenvalue weighted by Gasteiger charge is -2.35. The molecule has 6 rings (SSSR count). The summed E-state index contributed by atoms with van der Waals surface area (Å²) in [4.78, 5) is 29.7. The van der Waals surface area contributed by atoms with Gasteiger partial charge in [0.1, 0.15) is 17.0 Å². The van der Waals surface area contributed by atoms with Crippen molar-refractivity contribution >= 4 is 43.8 Å². The second-order valence-electron chi connectivity index (χ2n) is 12.8. The molecule has 1 aromatic heterocycles. The van der Waals surface area contributed by atoms with Crippen molar-refractivity contribution in [2.75, 3.05) is 32.8 Å². The molecule has 250 valence electrons. The Hall–Kier alpha value is -4.87. The number of aromatic carboxylic acids is 1. The molecule has 1 fully saturated rings. The number of hydrogen-bond acceptors (Lipinski definition) is 6. The Balaban J connectivity index is 1.25. The molecule has 0 spiro atoms. The van der Waals surface area contributed by atoms with Gasteiger partial charge in [-0.05, 0) is 56.7 Å². The smallest absolute Gasteiger partial charge is 0.410 e. The van der Waals surface area contributed by atoms with E-state index in [1.807, 2.05) is 54.6 Å². The molecular formula is C37H39N3O7S. The number of carboxylic acids is 1. The Morgan fingerprint density at radius 2 is 1.48 bits per heavy atom. The van der Waals surface area contributed by atoms with Crippen LogP contribution in [-0.4, -0.2) is 78.2 Å². The highest BCUT2D eigenvalue weighted by Crippen LogP contribution is 2.37. The SMILES string of the molecule is CC(C)(C)OC(=O)N1CCN(S(=O)(=O)c2ccccc2-c2cccc3c(CCCOc4cccc5ccccc45)c(C(=O)O)[nH]c23)CC1. The molecule has 0 saturated carbocycles. The van der Waals surface area contributed by atoms with Crippen molar-refractivity contribution in [1.29, 1.82) is 0 Å². The van der Waals surface area contributed by atoms with Crippen LogP contribution >= 0.6 is 0 Å². The maximum atomic E-state index is 14.0. The van der Waals surface area contributed by atoms with Crippen molar-refractivity contribution < 1.29 is 32.6 Å². The molecule has 11 heteroatoms. The highest BCUT2D eigenvalue weighted by molar-refractivity contribution is 7.89. The molecule has 1 saturated heterocycles. The average Bonchev–Trinajstić information content (AvgIpc) is 3.45. The quantitative estimate of drug-likeness (QED) is 0.163. The number of ether oxygens (including phenoxy) is 2. The Morgan fingerprint density at radius 1 is 0.833 bits per heavy atom. The molecule has 2 N–H and O–H groups in total. The van der Waals surface area contributed by atoms with E-state index in [9.17, 15) is 23.1 Å². The zero-order chi connectivity index (χ0) is 34.1. The van der Waals surface area contributed by atoms with E-state index in [-0.39, 0.29) is 36.8 Å². The minimum absolute atomic E-state index is 0.0706. The van der Waals surface area contributed by atoms with Crippen molar-refractivity contribution in [3.05, 3.63) is 96.2 Å². The first-order valence-corrected chi connectivity index (χ1v) is 17.4. The van der Waals surface area contributed by atoms with Gasteiger partial charge >= 0.3 is 12.1 Å². The molecule has 1 aliphatic heterocycles. The largest absolute Gasteiger partial charge is 0.493 e. The number of carbonyl (C=O) groups is 2. The third-order valence-electron chi connectivity index (χ3n) is 8.42. The molecule has 0 radical (unpaired) electrons. The predicted octanol–water partition coefficient (Wildman–Crippen LogP) is 6.94. The standard InChI is InChI=1S/C37H39N3O7S/c1-37(2,3)47-36(43)39-20-22-40(23-21-39)48(44,45)32-19-7-6-14-27(32)28-15-9-16-29-30(34(35(41)42)38-33(28)29)17-10-24-46-31-18-8-12-25-11-4-5-13-26(25)31/h4-9,11-16,18-19,38H,10,17,20-24H2,1-3H3,(H,41,42). The Labute approximate surface area is 279 Å². The molecule has 48 heavy (non-hydrogen) atoms. The summed E-state index contributed by atoms with van der Waals surface area (Å²) >= 11 is 0. The average molecular weight is 670 g/mol. The first kappa shape index (κ1) is 33.0.